The molecule has 1 atom stereocenters. The minimum atomic E-state index is 0.208. The molecule has 21 heavy (non-hydrogen) atoms. The van der Waals surface area contributed by atoms with Crippen molar-refractivity contribution in [1.82, 2.24) is 5.32 Å². The van der Waals surface area contributed by atoms with Crippen molar-refractivity contribution in [1.29, 1.82) is 0 Å². The van der Waals surface area contributed by atoms with Crippen LogP contribution in [0.3, 0.4) is 0 Å². The van der Waals surface area contributed by atoms with E-state index in [1.807, 2.05) is 6.07 Å². The van der Waals surface area contributed by atoms with Crippen molar-refractivity contribution < 1.29 is 4.74 Å². The summed E-state index contributed by atoms with van der Waals surface area (Å²) in [7, 11) is 1.71. The Labute approximate surface area is 128 Å². The smallest absolute Gasteiger partial charge is 0.119 e. The van der Waals surface area contributed by atoms with Gasteiger partial charge in [-0.3, -0.25) is 0 Å². The van der Waals surface area contributed by atoms with Gasteiger partial charge >= 0.3 is 0 Å². The van der Waals surface area contributed by atoms with Gasteiger partial charge in [0.2, 0.25) is 0 Å². The van der Waals surface area contributed by atoms with Crippen molar-refractivity contribution in [3.05, 3.63) is 64.7 Å². The maximum atomic E-state index is 5.36. The van der Waals surface area contributed by atoms with Crippen LogP contribution in [0.4, 0.5) is 0 Å². The second kappa shape index (κ2) is 7.28. The van der Waals surface area contributed by atoms with Crippen molar-refractivity contribution >= 4 is 0 Å². The van der Waals surface area contributed by atoms with Gasteiger partial charge in [0.1, 0.15) is 5.75 Å². The van der Waals surface area contributed by atoms with Gasteiger partial charge < -0.3 is 10.1 Å². The second-order valence-electron chi connectivity index (χ2n) is 5.51. The lowest BCUT2D eigenvalue weighted by atomic mass is 9.95. The minimum absolute atomic E-state index is 0.208. The van der Waals surface area contributed by atoms with E-state index < -0.39 is 0 Å². The van der Waals surface area contributed by atoms with Crippen molar-refractivity contribution in [2.75, 3.05) is 13.7 Å². The van der Waals surface area contributed by atoms with E-state index in [1.54, 1.807) is 7.11 Å². The fourth-order valence-electron chi connectivity index (χ4n) is 2.48. The Morgan fingerprint density at radius 1 is 1.00 bits per heavy atom. The molecule has 0 radical (unpaired) electrons. The van der Waals surface area contributed by atoms with Gasteiger partial charge in [0.25, 0.3) is 0 Å². The van der Waals surface area contributed by atoms with Gasteiger partial charge in [-0.15, -0.1) is 0 Å². The predicted octanol–water partition coefficient (Wildman–Crippen LogP) is 4.40. The lowest BCUT2D eigenvalue weighted by Gasteiger charge is -2.21. The molecule has 0 fully saturated rings. The Balaban J connectivity index is 2.38. The zero-order valence-corrected chi connectivity index (χ0v) is 13.4. The SMILES string of the molecule is CCCNC(c1cccc(OC)c1)c1ccc(C)c(C)c1. The molecule has 2 rings (SSSR count). The number of rotatable bonds is 6. The molecule has 1 unspecified atom stereocenters. The Morgan fingerprint density at radius 2 is 1.76 bits per heavy atom. The quantitative estimate of drug-likeness (QED) is 0.848. The van der Waals surface area contributed by atoms with Gasteiger partial charge in [0.15, 0.2) is 0 Å². The maximum absolute atomic E-state index is 5.36. The van der Waals surface area contributed by atoms with Crippen LogP contribution in [-0.2, 0) is 0 Å². The predicted molar refractivity (Wildman–Crippen MR) is 89.0 cm³/mol. The van der Waals surface area contributed by atoms with Gasteiger partial charge in [-0.25, -0.2) is 0 Å². The summed E-state index contributed by atoms with van der Waals surface area (Å²) in [6, 6.07) is 15.2. The molecule has 0 aromatic heterocycles. The normalized spacial score (nSPS) is 12.2. The highest BCUT2D eigenvalue weighted by Crippen LogP contribution is 2.26. The highest BCUT2D eigenvalue weighted by atomic mass is 16.5. The Hall–Kier alpha value is -1.80. The molecule has 0 spiro atoms. The minimum Gasteiger partial charge on any atom is -0.497 e. The highest BCUT2D eigenvalue weighted by Gasteiger charge is 2.14. The molecule has 0 heterocycles. The Kier molecular flexibility index (Phi) is 5.40. The van der Waals surface area contributed by atoms with Crippen LogP contribution in [0.5, 0.6) is 5.75 Å². The van der Waals surface area contributed by atoms with E-state index in [4.69, 9.17) is 4.74 Å². The molecule has 1 N–H and O–H groups in total. The summed E-state index contributed by atoms with van der Waals surface area (Å²) in [5.74, 6) is 0.902. The second-order valence-corrected chi connectivity index (χ2v) is 5.51. The molecule has 2 heteroatoms. The monoisotopic (exact) mass is 283 g/mol. The molecule has 2 aromatic rings. The van der Waals surface area contributed by atoms with Crippen LogP contribution in [0.2, 0.25) is 0 Å². The van der Waals surface area contributed by atoms with E-state index in [1.165, 1.54) is 22.3 Å². The summed E-state index contributed by atoms with van der Waals surface area (Å²) in [5, 5.41) is 3.64. The van der Waals surface area contributed by atoms with E-state index in [0.29, 0.717) is 0 Å². The molecule has 112 valence electrons. The molecule has 0 aliphatic heterocycles. The molecule has 0 bridgehead atoms. The third kappa shape index (κ3) is 3.85. The number of hydrogen-bond donors (Lipinski definition) is 1. The van der Waals surface area contributed by atoms with Crippen molar-refractivity contribution in [3.63, 3.8) is 0 Å². The lowest BCUT2D eigenvalue weighted by Crippen LogP contribution is -2.23. The van der Waals surface area contributed by atoms with Crippen molar-refractivity contribution in [2.45, 2.75) is 33.2 Å². The molecule has 0 aliphatic rings. The van der Waals surface area contributed by atoms with Crippen LogP contribution in [0.25, 0.3) is 0 Å². The van der Waals surface area contributed by atoms with E-state index in [2.05, 4.69) is 62.5 Å². The van der Waals surface area contributed by atoms with Crippen molar-refractivity contribution in [2.24, 2.45) is 0 Å². The zero-order valence-electron chi connectivity index (χ0n) is 13.4. The van der Waals surface area contributed by atoms with Gasteiger partial charge in [0.05, 0.1) is 13.2 Å². The van der Waals surface area contributed by atoms with Crippen LogP contribution in [0.15, 0.2) is 42.5 Å². The molecule has 0 aliphatic carbocycles. The van der Waals surface area contributed by atoms with Gasteiger partial charge in [-0.2, -0.15) is 0 Å². The lowest BCUT2D eigenvalue weighted by molar-refractivity contribution is 0.413. The van der Waals surface area contributed by atoms with Crippen LogP contribution >= 0.6 is 0 Å². The molecular weight excluding hydrogens is 258 g/mol. The topological polar surface area (TPSA) is 21.3 Å². The third-order valence-electron chi connectivity index (χ3n) is 3.89. The number of aryl methyl sites for hydroxylation is 2. The zero-order chi connectivity index (χ0) is 15.2. The molecule has 0 amide bonds. The van der Waals surface area contributed by atoms with Gasteiger partial charge in [-0.1, -0.05) is 37.3 Å². The number of benzene rings is 2. The summed E-state index contributed by atoms with van der Waals surface area (Å²) >= 11 is 0. The molecule has 2 aromatic carbocycles. The summed E-state index contributed by atoms with van der Waals surface area (Å²) in [6.45, 7) is 7.51. The largest absolute Gasteiger partial charge is 0.497 e. The van der Waals surface area contributed by atoms with E-state index in [0.717, 1.165) is 18.7 Å². The number of methoxy groups -OCH3 is 1. The standard InChI is InChI=1S/C19H25NO/c1-5-11-20-19(16-7-6-8-18(13-16)21-4)17-10-9-14(2)15(3)12-17/h6-10,12-13,19-20H,5,11H2,1-4H3. The highest BCUT2D eigenvalue weighted by molar-refractivity contribution is 5.39. The average Bonchev–Trinajstić information content (AvgIpc) is 2.51. The average molecular weight is 283 g/mol. The van der Waals surface area contributed by atoms with E-state index in [9.17, 15) is 0 Å². The van der Waals surface area contributed by atoms with Gasteiger partial charge in [0, 0.05) is 0 Å². The van der Waals surface area contributed by atoms with Crippen LogP contribution in [0.1, 0.15) is 41.6 Å². The summed E-state index contributed by atoms with van der Waals surface area (Å²) in [6.07, 6.45) is 1.12. The Bertz CT molecular complexity index is 592. The molecule has 0 saturated heterocycles. The van der Waals surface area contributed by atoms with Crippen LogP contribution in [-0.4, -0.2) is 13.7 Å². The van der Waals surface area contributed by atoms with Gasteiger partial charge in [-0.05, 0) is 61.2 Å². The molecular formula is C19H25NO. The summed E-state index contributed by atoms with van der Waals surface area (Å²) in [4.78, 5) is 0. The van der Waals surface area contributed by atoms with Crippen LogP contribution in [0, 0.1) is 13.8 Å². The van der Waals surface area contributed by atoms with Crippen molar-refractivity contribution in [3.8, 4) is 5.75 Å². The first-order valence-corrected chi connectivity index (χ1v) is 7.60. The molecule has 2 nitrogen and oxygen atoms in total. The number of hydrogen-bond acceptors (Lipinski definition) is 2. The number of ether oxygens (including phenoxy) is 1. The summed E-state index contributed by atoms with van der Waals surface area (Å²) < 4.78 is 5.36. The first-order chi connectivity index (χ1) is 10.2. The fourth-order valence-corrected chi connectivity index (χ4v) is 2.48. The maximum Gasteiger partial charge on any atom is 0.119 e. The van der Waals surface area contributed by atoms with E-state index >= 15 is 0 Å². The first-order valence-electron chi connectivity index (χ1n) is 7.60. The van der Waals surface area contributed by atoms with Crippen LogP contribution < -0.4 is 10.1 Å². The number of nitrogens with one attached hydrogen (secondary N) is 1. The molecule has 0 saturated carbocycles. The Morgan fingerprint density at radius 3 is 2.43 bits per heavy atom. The van der Waals surface area contributed by atoms with E-state index in [-0.39, 0.29) is 6.04 Å². The summed E-state index contributed by atoms with van der Waals surface area (Å²) in [5.41, 5.74) is 5.21. The first kappa shape index (κ1) is 15.6. The fraction of sp³-hybridized carbons (Fsp3) is 0.368. The third-order valence-corrected chi connectivity index (χ3v) is 3.89.